The zero-order chi connectivity index (χ0) is 38.2. The van der Waals surface area contributed by atoms with E-state index in [0.717, 1.165) is 30.8 Å². The van der Waals surface area contributed by atoms with E-state index in [9.17, 15) is 30.3 Å². The van der Waals surface area contributed by atoms with Gasteiger partial charge in [-0.1, -0.05) is 70.4 Å². The first kappa shape index (κ1) is 37.5. The van der Waals surface area contributed by atoms with Gasteiger partial charge in [0, 0.05) is 28.4 Å². The van der Waals surface area contributed by atoms with Crippen LogP contribution in [0.25, 0.3) is 0 Å². The molecule has 10 aliphatic rings. The van der Waals surface area contributed by atoms with Gasteiger partial charge in [-0.2, -0.15) is 0 Å². The molecule has 8 aliphatic carbocycles. The van der Waals surface area contributed by atoms with Gasteiger partial charge in [0.25, 0.3) is 0 Å². The average molecular weight is 745 g/mol. The van der Waals surface area contributed by atoms with Crippen molar-refractivity contribution in [1.82, 2.24) is 5.32 Å². The van der Waals surface area contributed by atoms with Crippen molar-refractivity contribution in [3.63, 3.8) is 0 Å². The molecule has 2 bridgehead atoms. The third kappa shape index (κ3) is 4.78. The Labute approximate surface area is 320 Å². The van der Waals surface area contributed by atoms with Gasteiger partial charge in [-0.05, 0) is 123 Å². The Morgan fingerprint density at radius 3 is 2.59 bits per heavy atom. The number of dihydropyridines is 1. The molecule has 10 rings (SSSR count). The lowest BCUT2D eigenvalue weighted by Crippen LogP contribution is -2.70. The van der Waals surface area contributed by atoms with Gasteiger partial charge in [0.2, 0.25) is 0 Å². The molecule has 0 amide bonds. The van der Waals surface area contributed by atoms with E-state index in [4.69, 9.17) is 10.5 Å². The monoisotopic (exact) mass is 744 g/mol. The first-order chi connectivity index (χ1) is 25.6. The van der Waals surface area contributed by atoms with Crippen molar-refractivity contribution in [2.24, 2.45) is 62.9 Å². The molecule has 0 aromatic carbocycles. The van der Waals surface area contributed by atoms with Gasteiger partial charge in [0.15, 0.2) is 5.78 Å². The second-order valence-electron chi connectivity index (χ2n) is 20.0. The summed E-state index contributed by atoms with van der Waals surface area (Å²) < 4.78 is 6.74. The SMILES string of the molecule is CCCC1CCC2OC(C(O)C(C)(O)C3CCC4(O)C5=CC(=O)C6CC(O)C(O)CC67CC6(C8=CNC(N)C=C8)C=CC(CC34C)C57C=C6)C(C)C2CC1. The number of hydrogen-bond acceptors (Lipinski definition) is 9. The molecule has 0 aromatic rings. The standard InChI is InChI=1S/C45H64N2O7/c1-5-6-26-7-10-29-25(2)38(54-34(29)11-8-26)39(51)41(4,52)35-14-16-45(53)36-20-31(48)30-19-32(49)33(50)22-43(30)24-42(28-9-12-37(46)47-23-28)15-13-27(21-40(35,45)3)44(36,43)18-17-42/h9,12-13,15,17-18,20,23,25-27,29-30,32-35,37-39,47,49-53H,5-8,10-11,14,16,19,21-22,24,46H2,1-4H3. The molecule has 4 saturated carbocycles. The fourth-order valence-electron chi connectivity index (χ4n) is 14.9. The number of carbonyl (C=O) groups excluding carboxylic acids is 1. The largest absolute Gasteiger partial charge is 0.390 e. The molecule has 18 unspecified atom stereocenters. The van der Waals surface area contributed by atoms with Crippen molar-refractivity contribution in [1.29, 1.82) is 0 Å². The van der Waals surface area contributed by atoms with Crippen LogP contribution < -0.4 is 11.1 Å². The summed E-state index contributed by atoms with van der Waals surface area (Å²) in [5, 5.41) is 64.3. The normalized spacial score (nSPS) is 53.1. The summed E-state index contributed by atoms with van der Waals surface area (Å²) in [6, 6.07) is 0. The highest BCUT2D eigenvalue weighted by atomic mass is 16.5. The van der Waals surface area contributed by atoms with Crippen LogP contribution in [0.15, 0.2) is 59.9 Å². The minimum absolute atomic E-state index is 0.0838. The molecule has 2 aliphatic heterocycles. The van der Waals surface area contributed by atoms with Crippen molar-refractivity contribution in [2.75, 3.05) is 0 Å². The summed E-state index contributed by atoms with van der Waals surface area (Å²) in [5.41, 5.74) is 1.78. The van der Waals surface area contributed by atoms with Crippen LogP contribution in [0, 0.1) is 57.2 Å². The lowest BCUT2D eigenvalue weighted by Gasteiger charge is -2.70. The summed E-state index contributed by atoms with van der Waals surface area (Å²) in [6.45, 7) is 8.27. The van der Waals surface area contributed by atoms with Crippen molar-refractivity contribution >= 4 is 5.78 Å². The van der Waals surface area contributed by atoms with Crippen LogP contribution in [0.1, 0.15) is 105 Å². The fourth-order valence-corrected chi connectivity index (χ4v) is 14.9. The third-order valence-corrected chi connectivity index (χ3v) is 17.7. The number of rotatable bonds is 6. The summed E-state index contributed by atoms with van der Waals surface area (Å²) in [4.78, 5) is 14.6. The molecule has 2 spiro atoms. The van der Waals surface area contributed by atoms with Crippen molar-refractivity contribution in [3.05, 3.63) is 59.9 Å². The second kappa shape index (κ2) is 12.4. The summed E-state index contributed by atoms with van der Waals surface area (Å²) in [6.07, 6.45) is 21.9. The molecule has 9 heteroatoms. The molecule has 296 valence electrons. The fraction of sp³-hybridized carbons (Fsp3) is 0.756. The molecule has 0 radical (unpaired) electrons. The number of aliphatic hydroxyl groups is 5. The van der Waals surface area contributed by atoms with E-state index in [1.165, 1.54) is 19.3 Å². The third-order valence-electron chi connectivity index (χ3n) is 17.7. The van der Waals surface area contributed by atoms with E-state index in [1.807, 2.05) is 12.3 Å². The Hall–Kier alpha value is -2.11. The lowest BCUT2D eigenvalue weighted by molar-refractivity contribution is -0.214. The molecule has 5 fully saturated rings. The molecule has 18 atom stereocenters. The zero-order valence-corrected chi connectivity index (χ0v) is 32.7. The number of aliphatic hydroxyl groups excluding tert-OH is 3. The lowest BCUT2D eigenvalue weighted by atomic mass is 9.33. The van der Waals surface area contributed by atoms with Crippen LogP contribution in [-0.2, 0) is 9.53 Å². The molecule has 9 nitrogen and oxygen atoms in total. The van der Waals surface area contributed by atoms with E-state index < -0.39 is 69.1 Å². The number of ether oxygens (including phenoxy) is 1. The summed E-state index contributed by atoms with van der Waals surface area (Å²) in [7, 11) is 0. The Morgan fingerprint density at radius 1 is 1.07 bits per heavy atom. The van der Waals surface area contributed by atoms with E-state index in [-0.39, 0.29) is 42.7 Å². The Kier molecular flexibility index (Phi) is 8.63. The smallest absolute Gasteiger partial charge is 0.159 e. The number of ketones is 1. The minimum atomic E-state index is -1.58. The second-order valence-corrected chi connectivity index (χ2v) is 20.0. The molecule has 54 heavy (non-hydrogen) atoms. The topological polar surface area (TPSA) is 166 Å². The summed E-state index contributed by atoms with van der Waals surface area (Å²) in [5.74, 6) is -0.116. The Bertz CT molecular complexity index is 1720. The number of hydrogen-bond donors (Lipinski definition) is 7. The van der Waals surface area contributed by atoms with E-state index >= 15 is 0 Å². The average Bonchev–Trinajstić information content (AvgIpc) is 3.36. The quantitative estimate of drug-likeness (QED) is 0.191. The van der Waals surface area contributed by atoms with Gasteiger partial charge in [-0.3, -0.25) is 4.79 Å². The van der Waals surface area contributed by atoms with Gasteiger partial charge in [0.05, 0.1) is 41.8 Å². The molecule has 0 aromatic heterocycles. The minimum Gasteiger partial charge on any atom is -0.390 e. The van der Waals surface area contributed by atoms with E-state index in [2.05, 4.69) is 56.5 Å². The maximum Gasteiger partial charge on any atom is 0.159 e. The Balaban J connectivity index is 1.11. The highest BCUT2D eigenvalue weighted by molar-refractivity contribution is 5.96. The van der Waals surface area contributed by atoms with Crippen LogP contribution >= 0.6 is 0 Å². The molecule has 1 saturated heterocycles. The highest BCUT2D eigenvalue weighted by Crippen LogP contribution is 2.79. The van der Waals surface area contributed by atoms with Gasteiger partial charge in [-0.25, -0.2) is 0 Å². The van der Waals surface area contributed by atoms with Crippen molar-refractivity contribution < 1.29 is 35.1 Å². The highest BCUT2D eigenvalue weighted by Gasteiger charge is 2.78. The maximum absolute atomic E-state index is 14.6. The Morgan fingerprint density at radius 2 is 1.85 bits per heavy atom. The van der Waals surface area contributed by atoms with Gasteiger partial charge in [-0.15, -0.1) is 0 Å². The number of allylic oxidation sites excluding steroid dienone is 7. The predicted octanol–water partition coefficient (Wildman–Crippen LogP) is 4.73. The van der Waals surface area contributed by atoms with E-state index in [0.29, 0.717) is 37.2 Å². The number of nitrogens with one attached hydrogen (secondary N) is 1. The van der Waals surface area contributed by atoms with Crippen LogP contribution in [-0.4, -0.2) is 79.2 Å². The maximum atomic E-state index is 14.6. The van der Waals surface area contributed by atoms with E-state index in [1.54, 1.807) is 13.0 Å². The molecule has 2 heterocycles. The molecule has 8 N–H and O–H groups in total. The number of nitrogens with two attached hydrogens (primary N) is 1. The van der Waals surface area contributed by atoms with Crippen LogP contribution in [0.5, 0.6) is 0 Å². The first-order valence-electron chi connectivity index (χ1n) is 21.3. The van der Waals surface area contributed by atoms with Crippen molar-refractivity contribution in [2.45, 2.75) is 153 Å². The summed E-state index contributed by atoms with van der Waals surface area (Å²) >= 11 is 0. The predicted molar refractivity (Wildman–Crippen MR) is 205 cm³/mol. The molecular formula is C45H64N2O7. The van der Waals surface area contributed by atoms with Crippen LogP contribution in [0.3, 0.4) is 0 Å². The number of carbonyl (C=O) groups is 1. The van der Waals surface area contributed by atoms with Crippen molar-refractivity contribution in [3.8, 4) is 0 Å². The van der Waals surface area contributed by atoms with Gasteiger partial charge in [0.1, 0.15) is 6.10 Å². The van der Waals surface area contributed by atoms with Gasteiger partial charge < -0.3 is 41.3 Å². The number of fused-ring (bicyclic) bond motifs is 3. The zero-order valence-electron chi connectivity index (χ0n) is 32.7. The van der Waals surface area contributed by atoms with Crippen LogP contribution in [0.4, 0.5) is 0 Å². The molecular weight excluding hydrogens is 681 g/mol. The van der Waals surface area contributed by atoms with Gasteiger partial charge >= 0.3 is 0 Å². The first-order valence-corrected chi connectivity index (χ1v) is 21.3. The van der Waals surface area contributed by atoms with Crippen LogP contribution in [0.2, 0.25) is 0 Å².